The van der Waals surface area contributed by atoms with Crippen molar-refractivity contribution in [3.63, 3.8) is 0 Å². The highest BCUT2D eigenvalue weighted by Gasteiger charge is 2.14. The molecule has 23 heavy (non-hydrogen) atoms. The van der Waals surface area contributed by atoms with Crippen molar-refractivity contribution >= 4 is 23.4 Å². The number of carbonyl (C=O) groups excluding carboxylic acids is 1. The van der Waals surface area contributed by atoms with E-state index in [1.165, 1.54) is 17.8 Å². The summed E-state index contributed by atoms with van der Waals surface area (Å²) in [6.07, 6.45) is 0. The molecule has 0 saturated carbocycles. The summed E-state index contributed by atoms with van der Waals surface area (Å²) >= 11 is 1.34. The summed E-state index contributed by atoms with van der Waals surface area (Å²) in [6, 6.07) is 8.98. The molecule has 0 unspecified atom stereocenters. The lowest BCUT2D eigenvalue weighted by Crippen LogP contribution is -2.16. The predicted octanol–water partition coefficient (Wildman–Crippen LogP) is 3.57. The van der Waals surface area contributed by atoms with Gasteiger partial charge in [0.2, 0.25) is 12.7 Å². The van der Waals surface area contributed by atoms with Crippen LogP contribution in [0, 0.1) is 11.6 Å². The van der Waals surface area contributed by atoms with Gasteiger partial charge in [-0.05, 0) is 29.8 Å². The lowest BCUT2D eigenvalue weighted by atomic mass is 10.2. The summed E-state index contributed by atoms with van der Waals surface area (Å²) in [5.41, 5.74) is 0.560. The Hall–Kier alpha value is -2.28. The van der Waals surface area contributed by atoms with E-state index in [0.717, 1.165) is 17.7 Å². The average molecular weight is 337 g/mol. The van der Waals surface area contributed by atoms with E-state index < -0.39 is 23.2 Å². The number of fused-ring (bicyclic) bond motifs is 1. The van der Waals surface area contributed by atoms with E-state index in [2.05, 4.69) is 5.32 Å². The fraction of sp³-hybridized carbons (Fsp3) is 0.188. The smallest absolute Gasteiger partial charge is 0.234 e. The van der Waals surface area contributed by atoms with E-state index in [1.807, 2.05) is 18.2 Å². The second kappa shape index (κ2) is 6.87. The number of halogens is 2. The summed E-state index contributed by atoms with van der Waals surface area (Å²) in [7, 11) is 0. The van der Waals surface area contributed by atoms with Crippen LogP contribution in [0.15, 0.2) is 36.4 Å². The molecule has 1 aliphatic rings. The average Bonchev–Trinajstić information content (AvgIpc) is 2.99. The molecule has 120 valence electrons. The third-order valence-corrected chi connectivity index (χ3v) is 4.17. The van der Waals surface area contributed by atoms with Crippen LogP contribution in [-0.4, -0.2) is 18.5 Å². The van der Waals surface area contributed by atoms with Gasteiger partial charge >= 0.3 is 0 Å². The van der Waals surface area contributed by atoms with Crippen molar-refractivity contribution in [2.45, 2.75) is 5.75 Å². The van der Waals surface area contributed by atoms with E-state index in [-0.39, 0.29) is 12.5 Å². The number of amides is 1. The summed E-state index contributed by atoms with van der Waals surface area (Å²) in [5.74, 6) is -0.00283. The molecule has 0 bridgehead atoms. The zero-order valence-electron chi connectivity index (χ0n) is 12.0. The molecule has 1 N–H and O–H groups in total. The van der Waals surface area contributed by atoms with E-state index >= 15 is 0 Å². The van der Waals surface area contributed by atoms with Crippen molar-refractivity contribution in [2.75, 3.05) is 17.9 Å². The van der Waals surface area contributed by atoms with Crippen LogP contribution in [0.4, 0.5) is 14.5 Å². The topological polar surface area (TPSA) is 47.6 Å². The number of thioether (sulfide) groups is 1. The molecule has 7 heteroatoms. The Morgan fingerprint density at radius 2 is 1.87 bits per heavy atom. The van der Waals surface area contributed by atoms with Crippen molar-refractivity contribution in [3.8, 4) is 11.5 Å². The van der Waals surface area contributed by atoms with Gasteiger partial charge in [0, 0.05) is 5.75 Å². The summed E-state index contributed by atoms with van der Waals surface area (Å²) in [5, 5.41) is 2.25. The number of benzene rings is 2. The number of hydrogen-bond acceptors (Lipinski definition) is 4. The predicted molar refractivity (Wildman–Crippen MR) is 83.7 cm³/mol. The van der Waals surface area contributed by atoms with Crippen LogP contribution in [0.2, 0.25) is 0 Å². The van der Waals surface area contributed by atoms with Gasteiger partial charge in [-0.1, -0.05) is 12.1 Å². The Bertz CT molecular complexity index is 719. The Kier molecular flexibility index (Phi) is 4.66. The van der Waals surface area contributed by atoms with Crippen molar-refractivity contribution in [1.82, 2.24) is 0 Å². The van der Waals surface area contributed by atoms with Crippen LogP contribution in [0.3, 0.4) is 0 Å². The van der Waals surface area contributed by atoms with E-state index in [9.17, 15) is 13.6 Å². The molecule has 4 nitrogen and oxygen atoms in total. The number of carbonyl (C=O) groups is 1. The van der Waals surface area contributed by atoms with Gasteiger partial charge in [0.15, 0.2) is 11.5 Å². The van der Waals surface area contributed by atoms with Gasteiger partial charge < -0.3 is 14.8 Å². The van der Waals surface area contributed by atoms with Crippen LogP contribution in [0.25, 0.3) is 0 Å². The molecule has 1 amide bonds. The molecule has 0 radical (unpaired) electrons. The van der Waals surface area contributed by atoms with Gasteiger partial charge in [-0.2, -0.15) is 0 Å². The lowest BCUT2D eigenvalue weighted by molar-refractivity contribution is -0.113. The minimum atomic E-state index is -0.792. The third kappa shape index (κ3) is 3.73. The monoisotopic (exact) mass is 337 g/mol. The highest BCUT2D eigenvalue weighted by atomic mass is 32.2. The summed E-state index contributed by atoms with van der Waals surface area (Å²) in [6.45, 7) is 0.211. The number of anilines is 1. The van der Waals surface area contributed by atoms with E-state index in [4.69, 9.17) is 9.47 Å². The third-order valence-electron chi connectivity index (χ3n) is 3.17. The first-order valence-electron chi connectivity index (χ1n) is 6.83. The zero-order valence-corrected chi connectivity index (χ0v) is 12.8. The molecule has 0 fully saturated rings. The second-order valence-electron chi connectivity index (χ2n) is 4.83. The van der Waals surface area contributed by atoms with Gasteiger partial charge in [-0.25, -0.2) is 8.78 Å². The molecule has 1 heterocycles. The largest absolute Gasteiger partial charge is 0.454 e. The Balaban J connectivity index is 1.51. The first kappa shape index (κ1) is 15.6. The van der Waals surface area contributed by atoms with Crippen LogP contribution < -0.4 is 14.8 Å². The minimum absolute atomic E-state index is 0.0855. The Labute approximate surface area is 135 Å². The first-order chi connectivity index (χ1) is 11.1. The van der Waals surface area contributed by atoms with E-state index in [1.54, 1.807) is 0 Å². The fourth-order valence-electron chi connectivity index (χ4n) is 2.09. The maximum atomic E-state index is 13.4. The van der Waals surface area contributed by atoms with Crippen molar-refractivity contribution in [2.24, 2.45) is 0 Å². The molecular weight excluding hydrogens is 324 g/mol. The molecular formula is C16H13F2NO3S. The van der Waals surface area contributed by atoms with Gasteiger partial charge in [-0.3, -0.25) is 4.79 Å². The fourth-order valence-corrected chi connectivity index (χ4v) is 2.86. The molecule has 2 aromatic carbocycles. The van der Waals surface area contributed by atoms with Crippen LogP contribution in [0.5, 0.6) is 11.5 Å². The summed E-state index contributed by atoms with van der Waals surface area (Å²) in [4.78, 5) is 11.8. The zero-order chi connectivity index (χ0) is 16.2. The molecule has 0 aromatic heterocycles. The van der Waals surface area contributed by atoms with Crippen LogP contribution in [0.1, 0.15) is 5.56 Å². The molecule has 0 aliphatic carbocycles. The van der Waals surface area contributed by atoms with Crippen molar-refractivity contribution in [3.05, 3.63) is 53.6 Å². The molecule has 0 spiro atoms. The van der Waals surface area contributed by atoms with Gasteiger partial charge in [0.1, 0.15) is 17.3 Å². The highest BCUT2D eigenvalue weighted by Crippen LogP contribution is 2.33. The van der Waals surface area contributed by atoms with E-state index in [0.29, 0.717) is 17.3 Å². The number of hydrogen-bond donors (Lipinski definition) is 1. The van der Waals surface area contributed by atoms with Gasteiger partial charge in [0.25, 0.3) is 0 Å². The number of rotatable bonds is 5. The quantitative estimate of drug-likeness (QED) is 0.906. The van der Waals surface area contributed by atoms with Crippen molar-refractivity contribution < 1.29 is 23.0 Å². The second-order valence-corrected chi connectivity index (χ2v) is 5.81. The van der Waals surface area contributed by atoms with Crippen LogP contribution >= 0.6 is 11.8 Å². The molecule has 0 saturated heterocycles. The van der Waals surface area contributed by atoms with Crippen molar-refractivity contribution in [1.29, 1.82) is 0 Å². The number of para-hydroxylation sites is 1. The Morgan fingerprint density at radius 3 is 2.65 bits per heavy atom. The minimum Gasteiger partial charge on any atom is -0.454 e. The molecule has 2 aromatic rings. The molecule has 1 aliphatic heterocycles. The SMILES string of the molecule is O=C(CSCc1ccc2c(c1)OCO2)Nc1c(F)cccc1F. The van der Waals surface area contributed by atoms with Gasteiger partial charge in [-0.15, -0.1) is 11.8 Å². The summed E-state index contributed by atoms with van der Waals surface area (Å²) < 4.78 is 37.4. The maximum Gasteiger partial charge on any atom is 0.234 e. The highest BCUT2D eigenvalue weighted by molar-refractivity contribution is 7.99. The number of ether oxygens (including phenoxy) is 2. The van der Waals surface area contributed by atoms with Crippen LogP contribution in [-0.2, 0) is 10.5 Å². The Morgan fingerprint density at radius 1 is 1.13 bits per heavy atom. The lowest BCUT2D eigenvalue weighted by Gasteiger charge is -2.07. The number of nitrogens with one attached hydrogen (secondary N) is 1. The standard InChI is InChI=1S/C16H13F2NO3S/c17-11-2-1-3-12(18)16(11)19-15(20)8-23-7-10-4-5-13-14(6-10)22-9-21-13/h1-6H,7-9H2,(H,19,20). The normalized spacial score (nSPS) is 12.3. The van der Waals surface area contributed by atoms with Gasteiger partial charge in [0.05, 0.1) is 5.75 Å². The molecule has 0 atom stereocenters. The maximum absolute atomic E-state index is 13.4. The first-order valence-corrected chi connectivity index (χ1v) is 7.99. The molecule has 3 rings (SSSR count).